The molecule has 8 heteroatoms. The Hall–Kier alpha value is -1.54. The smallest absolute Gasteiger partial charge is 0.325 e. The van der Waals surface area contributed by atoms with Gasteiger partial charge in [-0.05, 0) is 0 Å². The Bertz CT molecular complexity index is 503. The second kappa shape index (κ2) is 4.99. The van der Waals surface area contributed by atoms with Crippen molar-refractivity contribution in [3.05, 3.63) is 26.9 Å². The highest BCUT2D eigenvalue weighted by Crippen LogP contribution is 2.00. The number of aromatic nitrogens is 4. The van der Waals surface area contributed by atoms with Gasteiger partial charge in [0.2, 0.25) is 5.89 Å². The van der Waals surface area contributed by atoms with E-state index in [1.807, 2.05) is 0 Å². The van der Waals surface area contributed by atoms with Crippen LogP contribution < -0.4 is 4.87 Å². The standard InChI is InChI=1S/C8H10N4O3S/c1-14-3-2-6-10-7(15-11-6)4-12-8(13)16-5-9-12/h5H,2-4H2,1H3. The van der Waals surface area contributed by atoms with Gasteiger partial charge in [-0.2, -0.15) is 10.1 Å². The van der Waals surface area contributed by atoms with Crippen molar-refractivity contribution < 1.29 is 9.26 Å². The summed E-state index contributed by atoms with van der Waals surface area (Å²) in [6.07, 6.45) is 0.589. The maximum absolute atomic E-state index is 11.2. The fraction of sp³-hybridized carbons (Fsp3) is 0.500. The number of nitrogens with zero attached hydrogens (tertiary/aromatic N) is 4. The van der Waals surface area contributed by atoms with Crippen molar-refractivity contribution in [1.82, 2.24) is 19.9 Å². The zero-order chi connectivity index (χ0) is 11.4. The van der Waals surface area contributed by atoms with Crippen LogP contribution in [0.4, 0.5) is 0 Å². The van der Waals surface area contributed by atoms with Crippen LogP contribution in [-0.2, 0) is 17.7 Å². The SMILES string of the molecule is COCCc1noc(Cn2ncsc2=O)n1. The summed E-state index contributed by atoms with van der Waals surface area (Å²) in [6, 6.07) is 0. The van der Waals surface area contributed by atoms with Gasteiger partial charge < -0.3 is 9.26 Å². The molecule has 2 aromatic rings. The number of hydrogen-bond acceptors (Lipinski definition) is 7. The molecule has 0 unspecified atom stereocenters. The van der Waals surface area contributed by atoms with Crippen molar-refractivity contribution in [3.8, 4) is 0 Å². The van der Waals surface area contributed by atoms with E-state index in [4.69, 9.17) is 9.26 Å². The summed E-state index contributed by atoms with van der Waals surface area (Å²) in [4.78, 5) is 15.2. The first kappa shape index (κ1) is 11.0. The number of rotatable bonds is 5. The van der Waals surface area contributed by atoms with Crippen LogP contribution in [0.15, 0.2) is 14.8 Å². The summed E-state index contributed by atoms with van der Waals surface area (Å²) in [5, 5.41) is 7.61. The van der Waals surface area contributed by atoms with Gasteiger partial charge in [-0.3, -0.25) is 4.79 Å². The number of hydrogen-bond donors (Lipinski definition) is 0. The molecule has 0 aliphatic carbocycles. The number of ether oxygens (including phenoxy) is 1. The van der Waals surface area contributed by atoms with Crippen LogP contribution in [0.3, 0.4) is 0 Å². The zero-order valence-corrected chi connectivity index (χ0v) is 9.44. The molecular weight excluding hydrogens is 232 g/mol. The van der Waals surface area contributed by atoms with Crippen LogP contribution >= 0.6 is 11.3 Å². The molecule has 0 atom stereocenters. The lowest BCUT2D eigenvalue weighted by atomic mass is 10.4. The van der Waals surface area contributed by atoms with E-state index in [2.05, 4.69) is 15.2 Å². The molecule has 0 aliphatic rings. The first-order valence-corrected chi connectivity index (χ1v) is 5.48. The summed E-state index contributed by atoms with van der Waals surface area (Å²) >= 11 is 1.03. The summed E-state index contributed by atoms with van der Waals surface area (Å²) < 4.78 is 11.1. The lowest BCUT2D eigenvalue weighted by Crippen LogP contribution is -2.15. The molecule has 2 heterocycles. The van der Waals surface area contributed by atoms with Gasteiger partial charge >= 0.3 is 4.87 Å². The van der Waals surface area contributed by atoms with Gasteiger partial charge in [0, 0.05) is 13.5 Å². The van der Waals surface area contributed by atoms with E-state index in [9.17, 15) is 4.79 Å². The van der Waals surface area contributed by atoms with Crippen molar-refractivity contribution in [2.45, 2.75) is 13.0 Å². The molecule has 0 aliphatic heterocycles. The fourth-order valence-electron chi connectivity index (χ4n) is 1.12. The zero-order valence-electron chi connectivity index (χ0n) is 8.62. The quantitative estimate of drug-likeness (QED) is 0.729. The molecule has 16 heavy (non-hydrogen) atoms. The second-order valence-corrected chi connectivity index (χ2v) is 3.81. The molecule has 0 saturated heterocycles. The Balaban J connectivity index is 2.03. The third-order valence-corrected chi connectivity index (χ3v) is 2.49. The Morgan fingerprint density at radius 3 is 3.19 bits per heavy atom. The molecule has 2 rings (SSSR count). The highest BCUT2D eigenvalue weighted by atomic mass is 32.1. The number of methoxy groups -OCH3 is 1. The third kappa shape index (κ3) is 2.52. The average molecular weight is 242 g/mol. The van der Waals surface area contributed by atoms with E-state index in [0.717, 1.165) is 11.3 Å². The first-order valence-electron chi connectivity index (χ1n) is 4.60. The van der Waals surface area contributed by atoms with Gasteiger partial charge in [0.25, 0.3) is 0 Å². The Morgan fingerprint density at radius 1 is 1.62 bits per heavy atom. The van der Waals surface area contributed by atoms with Gasteiger partial charge in [-0.25, -0.2) is 4.68 Å². The maximum Gasteiger partial charge on any atom is 0.325 e. The van der Waals surface area contributed by atoms with Crippen LogP contribution in [0.5, 0.6) is 0 Å². The Labute approximate surface area is 94.7 Å². The predicted molar refractivity (Wildman–Crippen MR) is 55.4 cm³/mol. The topological polar surface area (TPSA) is 83.0 Å². The lowest BCUT2D eigenvalue weighted by Gasteiger charge is -1.92. The fourth-order valence-corrected chi connectivity index (χ4v) is 1.60. The van der Waals surface area contributed by atoms with E-state index in [-0.39, 0.29) is 11.4 Å². The van der Waals surface area contributed by atoms with Crippen molar-refractivity contribution in [2.24, 2.45) is 0 Å². The van der Waals surface area contributed by atoms with E-state index in [1.165, 1.54) is 10.2 Å². The molecule has 0 aromatic carbocycles. The molecular formula is C8H10N4O3S. The van der Waals surface area contributed by atoms with Gasteiger partial charge in [0.1, 0.15) is 12.1 Å². The summed E-state index contributed by atoms with van der Waals surface area (Å²) in [6.45, 7) is 0.748. The molecule has 0 fully saturated rings. The van der Waals surface area contributed by atoms with Crippen LogP contribution in [-0.4, -0.2) is 33.6 Å². The Morgan fingerprint density at radius 2 is 2.50 bits per heavy atom. The van der Waals surface area contributed by atoms with Crippen molar-refractivity contribution in [1.29, 1.82) is 0 Å². The van der Waals surface area contributed by atoms with Gasteiger partial charge in [-0.1, -0.05) is 16.5 Å². The van der Waals surface area contributed by atoms with E-state index in [0.29, 0.717) is 24.7 Å². The largest absolute Gasteiger partial charge is 0.384 e. The molecule has 0 amide bonds. The highest BCUT2D eigenvalue weighted by molar-refractivity contribution is 7.06. The van der Waals surface area contributed by atoms with E-state index >= 15 is 0 Å². The summed E-state index contributed by atoms with van der Waals surface area (Å²) in [5.74, 6) is 0.944. The van der Waals surface area contributed by atoms with Gasteiger partial charge in [-0.15, -0.1) is 0 Å². The summed E-state index contributed by atoms with van der Waals surface area (Å²) in [7, 11) is 1.61. The molecule has 86 valence electrons. The van der Waals surface area contributed by atoms with Crippen LogP contribution in [0.2, 0.25) is 0 Å². The molecule has 0 bridgehead atoms. The summed E-state index contributed by atoms with van der Waals surface area (Å²) in [5.41, 5.74) is 1.48. The molecule has 0 N–H and O–H groups in total. The van der Waals surface area contributed by atoms with E-state index < -0.39 is 0 Å². The molecule has 0 radical (unpaired) electrons. The lowest BCUT2D eigenvalue weighted by molar-refractivity contribution is 0.199. The van der Waals surface area contributed by atoms with Crippen LogP contribution in [0, 0.1) is 0 Å². The molecule has 2 aromatic heterocycles. The minimum Gasteiger partial charge on any atom is -0.384 e. The molecule has 0 saturated carbocycles. The average Bonchev–Trinajstić information content (AvgIpc) is 2.87. The van der Waals surface area contributed by atoms with Crippen molar-refractivity contribution in [3.63, 3.8) is 0 Å². The first-order chi connectivity index (χ1) is 7.79. The Kier molecular flexibility index (Phi) is 3.42. The van der Waals surface area contributed by atoms with E-state index in [1.54, 1.807) is 7.11 Å². The van der Waals surface area contributed by atoms with Crippen molar-refractivity contribution in [2.75, 3.05) is 13.7 Å². The minimum atomic E-state index is -0.142. The van der Waals surface area contributed by atoms with Crippen LogP contribution in [0.25, 0.3) is 0 Å². The highest BCUT2D eigenvalue weighted by Gasteiger charge is 2.08. The molecule has 7 nitrogen and oxygen atoms in total. The third-order valence-electron chi connectivity index (χ3n) is 1.88. The predicted octanol–water partition coefficient (Wildman–Crippen LogP) is -0.0750. The van der Waals surface area contributed by atoms with Crippen LogP contribution in [0.1, 0.15) is 11.7 Å². The monoisotopic (exact) mass is 242 g/mol. The normalized spacial score (nSPS) is 10.8. The molecule has 0 spiro atoms. The van der Waals surface area contributed by atoms with Gasteiger partial charge in [0.15, 0.2) is 5.82 Å². The maximum atomic E-state index is 11.2. The second-order valence-electron chi connectivity index (χ2n) is 3.01. The van der Waals surface area contributed by atoms with Gasteiger partial charge in [0.05, 0.1) is 6.61 Å². The van der Waals surface area contributed by atoms with Crippen molar-refractivity contribution >= 4 is 11.3 Å². The minimum absolute atomic E-state index is 0.142.